The minimum atomic E-state index is -0.611. The van der Waals surface area contributed by atoms with Crippen LogP contribution in [0.15, 0.2) is 34.3 Å². The number of benzene rings is 1. The zero-order chi connectivity index (χ0) is 16.7. The molecule has 10 heteroatoms. The van der Waals surface area contributed by atoms with Gasteiger partial charge >= 0.3 is 5.97 Å². The molecule has 0 bridgehead atoms. The van der Waals surface area contributed by atoms with Gasteiger partial charge in [-0.3, -0.25) is 9.59 Å². The second-order valence-corrected chi connectivity index (χ2v) is 6.87. The first-order chi connectivity index (χ1) is 11.1. The van der Waals surface area contributed by atoms with Crippen molar-refractivity contribution in [2.24, 2.45) is 5.11 Å². The summed E-state index contributed by atoms with van der Waals surface area (Å²) in [5.74, 6) is -1.10. The summed E-state index contributed by atoms with van der Waals surface area (Å²) in [6.45, 7) is 0. The van der Waals surface area contributed by atoms with Crippen molar-refractivity contribution >= 4 is 45.1 Å². The number of carbonyl (C=O) groups excluding carboxylic acids is 3. The molecule has 120 valence electrons. The van der Waals surface area contributed by atoms with Gasteiger partial charge in [-0.1, -0.05) is 38.8 Å². The Balaban J connectivity index is 1.68. The molecule has 0 N–H and O–H groups in total. The number of amides is 2. The van der Waals surface area contributed by atoms with E-state index in [-0.39, 0.29) is 19.3 Å². The first-order valence-corrected chi connectivity index (χ1v) is 8.93. The van der Waals surface area contributed by atoms with Crippen LogP contribution in [-0.4, -0.2) is 28.6 Å². The Morgan fingerprint density at radius 2 is 1.91 bits per heavy atom. The van der Waals surface area contributed by atoms with Gasteiger partial charge in [0.1, 0.15) is 0 Å². The lowest BCUT2D eigenvalue weighted by Gasteiger charge is -2.12. The van der Waals surface area contributed by atoms with Crippen LogP contribution in [-0.2, 0) is 19.2 Å². The summed E-state index contributed by atoms with van der Waals surface area (Å²) < 4.78 is 0. The molecule has 1 saturated heterocycles. The summed E-state index contributed by atoms with van der Waals surface area (Å²) in [5.41, 5.74) is 8.84. The van der Waals surface area contributed by atoms with Crippen LogP contribution in [0.3, 0.4) is 0 Å². The van der Waals surface area contributed by atoms with Crippen molar-refractivity contribution in [2.45, 2.75) is 24.2 Å². The number of imide groups is 1. The molecular formula is C13H12N4O4S2. The highest BCUT2D eigenvalue weighted by Gasteiger charge is 2.32. The number of carbonyl (C=O) groups is 3. The fourth-order valence-corrected chi connectivity index (χ4v) is 3.62. The smallest absolute Gasteiger partial charge is 0.330 e. The minimum Gasteiger partial charge on any atom is -0.330 e. The van der Waals surface area contributed by atoms with Gasteiger partial charge in [-0.15, -0.1) is 5.06 Å². The summed E-state index contributed by atoms with van der Waals surface area (Å²) >= 11 is 0. The number of hydroxylamine groups is 2. The highest BCUT2D eigenvalue weighted by molar-refractivity contribution is 8.76. The number of azide groups is 1. The summed E-state index contributed by atoms with van der Waals surface area (Å²) in [4.78, 5) is 42.6. The molecule has 23 heavy (non-hydrogen) atoms. The Bertz CT molecular complexity index is 642. The predicted molar refractivity (Wildman–Crippen MR) is 85.4 cm³/mol. The van der Waals surface area contributed by atoms with Crippen molar-refractivity contribution in [3.63, 3.8) is 0 Å². The fourth-order valence-electron chi connectivity index (χ4n) is 1.66. The van der Waals surface area contributed by atoms with E-state index < -0.39 is 17.8 Å². The fraction of sp³-hybridized carbons (Fsp3) is 0.308. The summed E-state index contributed by atoms with van der Waals surface area (Å²) in [6.07, 6.45) is 0.261. The number of rotatable bonds is 7. The minimum absolute atomic E-state index is 0.0859. The highest BCUT2D eigenvalue weighted by Crippen LogP contribution is 2.32. The second-order valence-electron chi connectivity index (χ2n) is 4.38. The van der Waals surface area contributed by atoms with Crippen LogP contribution in [0.25, 0.3) is 10.4 Å². The van der Waals surface area contributed by atoms with E-state index in [1.807, 2.05) is 12.1 Å². The largest absolute Gasteiger partial charge is 0.334 e. The number of hydrogen-bond acceptors (Lipinski definition) is 7. The quantitative estimate of drug-likeness (QED) is 0.186. The van der Waals surface area contributed by atoms with Gasteiger partial charge in [0.15, 0.2) is 0 Å². The molecule has 1 aromatic carbocycles. The van der Waals surface area contributed by atoms with Crippen molar-refractivity contribution in [3.05, 3.63) is 34.7 Å². The summed E-state index contributed by atoms with van der Waals surface area (Å²) in [7, 11) is 2.90. The third-order valence-corrected chi connectivity index (χ3v) is 5.12. The molecule has 0 spiro atoms. The van der Waals surface area contributed by atoms with Gasteiger partial charge in [-0.2, -0.15) is 0 Å². The van der Waals surface area contributed by atoms with E-state index in [9.17, 15) is 14.4 Å². The van der Waals surface area contributed by atoms with Crippen LogP contribution in [0.1, 0.15) is 19.3 Å². The van der Waals surface area contributed by atoms with E-state index in [0.717, 1.165) is 4.90 Å². The third-order valence-electron chi connectivity index (χ3n) is 2.74. The van der Waals surface area contributed by atoms with E-state index in [2.05, 4.69) is 10.0 Å². The van der Waals surface area contributed by atoms with E-state index >= 15 is 0 Å². The number of hydrogen-bond donors (Lipinski definition) is 0. The van der Waals surface area contributed by atoms with E-state index in [0.29, 0.717) is 16.5 Å². The Hall–Kier alpha value is -2.16. The van der Waals surface area contributed by atoms with Crippen molar-refractivity contribution in [3.8, 4) is 0 Å². The molecule has 1 fully saturated rings. The normalized spacial score (nSPS) is 13.8. The molecule has 2 amide bonds. The molecule has 0 aliphatic carbocycles. The van der Waals surface area contributed by atoms with E-state index in [1.54, 1.807) is 12.1 Å². The van der Waals surface area contributed by atoms with Crippen LogP contribution >= 0.6 is 21.6 Å². The lowest BCUT2D eigenvalue weighted by Crippen LogP contribution is -2.32. The Morgan fingerprint density at radius 1 is 1.26 bits per heavy atom. The maximum absolute atomic E-state index is 11.6. The molecule has 1 aliphatic rings. The highest BCUT2D eigenvalue weighted by atomic mass is 33.1. The predicted octanol–water partition coefficient (Wildman–Crippen LogP) is 3.37. The Kier molecular flexibility index (Phi) is 6.33. The Labute approximate surface area is 139 Å². The van der Waals surface area contributed by atoms with Crippen LogP contribution in [0.4, 0.5) is 5.69 Å². The maximum atomic E-state index is 11.6. The molecule has 0 radical (unpaired) electrons. The first-order valence-electron chi connectivity index (χ1n) is 6.61. The van der Waals surface area contributed by atoms with Crippen molar-refractivity contribution in [1.29, 1.82) is 0 Å². The van der Waals surface area contributed by atoms with Gasteiger partial charge < -0.3 is 4.84 Å². The van der Waals surface area contributed by atoms with E-state index in [1.165, 1.54) is 21.6 Å². The lowest BCUT2D eigenvalue weighted by molar-refractivity contribution is -0.197. The van der Waals surface area contributed by atoms with Crippen molar-refractivity contribution < 1.29 is 19.2 Å². The maximum Gasteiger partial charge on any atom is 0.334 e. The van der Waals surface area contributed by atoms with Gasteiger partial charge in [-0.25, -0.2) is 4.79 Å². The average molecular weight is 352 g/mol. The van der Waals surface area contributed by atoms with Gasteiger partial charge in [-0.05, 0) is 17.7 Å². The van der Waals surface area contributed by atoms with Crippen molar-refractivity contribution in [1.82, 2.24) is 5.06 Å². The third kappa shape index (κ3) is 5.20. The Morgan fingerprint density at radius 3 is 2.52 bits per heavy atom. The van der Waals surface area contributed by atoms with Crippen LogP contribution in [0.2, 0.25) is 0 Å². The van der Waals surface area contributed by atoms with Gasteiger partial charge in [0, 0.05) is 34.1 Å². The molecule has 0 aromatic heterocycles. The average Bonchev–Trinajstić information content (AvgIpc) is 2.85. The molecule has 0 atom stereocenters. The molecule has 2 rings (SSSR count). The van der Waals surface area contributed by atoms with E-state index in [4.69, 9.17) is 10.4 Å². The van der Waals surface area contributed by atoms with Crippen LogP contribution in [0.5, 0.6) is 0 Å². The molecule has 1 aromatic rings. The van der Waals surface area contributed by atoms with Gasteiger partial charge in [0.25, 0.3) is 11.8 Å². The molecule has 0 saturated carbocycles. The molecular weight excluding hydrogens is 340 g/mol. The monoisotopic (exact) mass is 352 g/mol. The molecule has 1 heterocycles. The standard InChI is InChI=1S/C13H12N4O4S2/c14-16-15-9-1-3-10(4-2-9)23-22-8-7-13(20)21-17-11(18)5-6-12(17)19/h1-4H,5-8H2. The number of nitrogens with zero attached hydrogens (tertiary/aromatic N) is 4. The summed E-state index contributed by atoms with van der Waals surface area (Å²) in [6, 6.07) is 7.01. The second kappa shape index (κ2) is 8.47. The van der Waals surface area contributed by atoms with Gasteiger partial charge in [0.05, 0.1) is 6.42 Å². The zero-order valence-corrected chi connectivity index (χ0v) is 13.5. The van der Waals surface area contributed by atoms with Crippen LogP contribution < -0.4 is 0 Å². The SMILES string of the molecule is [N-]=[N+]=Nc1ccc(SSCCC(=O)ON2C(=O)CCC2=O)cc1. The van der Waals surface area contributed by atoms with Gasteiger partial charge in [0.2, 0.25) is 0 Å². The molecule has 0 unspecified atom stereocenters. The molecule has 8 nitrogen and oxygen atoms in total. The first kappa shape index (κ1) is 17.2. The summed E-state index contributed by atoms with van der Waals surface area (Å²) in [5, 5.41) is 4.02. The topological polar surface area (TPSA) is 112 Å². The van der Waals surface area contributed by atoms with Crippen LogP contribution in [0, 0.1) is 0 Å². The zero-order valence-electron chi connectivity index (χ0n) is 11.9. The lowest BCUT2D eigenvalue weighted by atomic mass is 10.3. The van der Waals surface area contributed by atoms with Crippen molar-refractivity contribution in [2.75, 3.05) is 5.75 Å². The molecule has 1 aliphatic heterocycles.